The van der Waals surface area contributed by atoms with Crippen molar-refractivity contribution in [1.29, 1.82) is 0 Å². The highest BCUT2D eigenvalue weighted by atomic mass is 35.5. The highest BCUT2D eigenvalue weighted by Gasteiger charge is 2.21. The topological polar surface area (TPSA) is 62.5 Å². The quantitative estimate of drug-likeness (QED) is 0.685. The number of carbonyl (C=O) groups is 1. The van der Waals surface area contributed by atoms with Crippen LogP contribution in [0.4, 0.5) is 0 Å². The molecule has 1 atom stereocenters. The number of furan rings is 1. The summed E-state index contributed by atoms with van der Waals surface area (Å²) in [5, 5.41) is 13.6. The molecule has 3 rings (SSSR count). The van der Waals surface area contributed by atoms with Gasteiger partial charge in [0.2, 0.25) is 5.91 Å². The lowest BCUT2D eigenvalue weighted by Crippen LogP contribution is -2.24. The molecule has 0 saturated carbocycles. The molecule has 4 nitrogen and oxygen atoms in total. The summed E-state index contributed by atoms with van der Waals surface area (Å²) >= 11 is 6.09. The van der Waals surface area contributed by atoms with Crippen LogP contribution >= 0.6 is 11.6 Å². The van der Waals surface area contributed by atoms with Crippen molar-refractivity contribution in [1.82, 2.24) is 5.32 Å². The molecule has 0 aliphatic heterocycles. The summed E-state index contributed by atoms with van der Waals surface area (Å²) in [6.45, 7) is 0.328. The van der Waals surface area contributed by atoms with Gasteiger partial charge in [-0.2, -0.15) is 0 Å². The van der Waals surface area contributed by atoms with E-state index in [0.717, 1.165) is 5.56 Å². The largest absolute Gasteiger partial charge is 0.508 e. The maximum absolute atomic E-state index is 12.4. The van der Waals surface area contributed by atoms with E-state index in [9.17, 15) is 9.90 Å². The van der Waals surface area contributed by atoms with Gasteiger partial charge < -0.3 is 14.8 Å². The average molecular weight is 356 g/mol. The summed E-state index contributed by atoms with van der Waals surface area (Å²) in [6.07, 6.45) is 1.76. The molecule has 0 spiro atoms. The van der Waals surface area contributed by atoms with Gasteiger partial charge >= 0.3 is 0 Å². The van der Waals surface area contributed by atoms with Crippen LogP contribution in [0.3, 0.4) is 0 Å². The van der Waals surface area contributed by atoms with Gasteiger partial charge in [0.05, 0.1) is 12.8 Å². The molecular weight excluding hydrogens is 338 g/mol. The third kappa shape index (κ3) is 4.43. The third-order valence-electron chi connectivity index (χ3n) is 4.00. The molecule has 1 heterocycles. The van der Waals surface area contributed by atoms with Crippen LogP contribution in [0.2, 0.25) is 5.02 Å². The molecule has 1 amide bonds. The fourth-order valence-electron chi connectivity index (χ4n) is 2.75. The SMILES string of the molecule is O=C(CC(c1ccccc1)c1cc(Cl)ccc1O)NCc1ccco1. The number of hydrogen-bond donors (Lipinski definition) is 2. The predicted octanol–water partition coefficient (Wildman–Crippen LogP) is 4.48. The molecule has 2 N–H and O–H groups in total. The van der Waals surface area contributed by atoms with Crippen LogP contribution in [-0.4, -0.2) is 11.0 Å². The fourth-order valence-corrected chi connectivity index (χ4v) is 2.93. The molecule has 128 valence electrons. The lowest BCUT2D eigenvalue weighted by Gasteiger charge is -2.19. The van der Waals surface area contributed by atoms with Crippen LogP contribution in [-0.2, 0) is 11.3 Å². The highest BCUT2D eigenvalue weighted by molar-refractivity contribution is 6.30. The number of nitrogens with one attached hydrogen (secondary N) is 1. The van der Waals surface area contributed by atoms with Crippen molar-refractivity contribution in [2.75, 3.05) is 0 Å². The highest BCUT2D eigenvalue weighted by Crippen LogP contribution is 2.35. The zero-order valence-electron chi connectivity index (χ0n) is 13.5. The van der Waals surface area contributed by atoms with Crippen molar-refractivity contribution >= 4 is 17.5 Å². The molecular formula is C20H18ClNO3. The number of phenols is 1. The predicted molar refractivity (Wildman–Crippen MR) is 96.6 cm³/mol. The van der Waals surface area contributed by atoms with Crippen LogP contribution in [0.5, 0.6) is 5.75 Å². The molecule has 1 unspecified atom stereocenters. The Labute approximate surface area is 151 Å². The Bertz CT molecular complexity index is 831. The third-order valence-corrected chi connectivity index (χ3v) is 4.23. The Morgan fingerprint density at radius 2 is 1.92 bits per heavy atom. The summed E-state index contributed by atoms with van der Waals surface area (Å²) in [5.74, 6) is 0.383. The lowest BCUT2D eigenvalue weighted by atomic mass is 9.87. The van der Waals surface area contributed by atoms with E-state index in [1.807, 2.05) is 30.3 Å². The smallest absolute Gasteiger partial charge is 0.221 e. The van der Waals surface area contributed by atoms with Crippen LogP contribution in [0, 0.1) is 0 Å². The standard InChI is InChI=1S/C20H18ClNO3/c21-15-8-9-19(23)18(11-15)17(14-5-2-1-3-6-14)12-20(24)22-13-16-7-4-10-25-16/h1-11,17,23H,12-13H2,(H,22,24). The molecule has 25 heavy (non-hydrogen) atoms. The molecule has 0 aliphatic rings. The Kier molecular flexibility index (Phi) is 5.41. The maximum atomic E-state index is 12.4. The van der Waals surface area contributed by atoms with E-state index in [1.54, 1.807) is 36.6 Å². The summed E-state index contributed by atoms with van der Waals surface area (Å²) in [7, 11) is 0. The zero-order valence-corrected chi connectivity index (χ0v) is 14.2. The van der Waals surface area contributed by atoms with E-state index in [1.165, 1.54) is 0 Å². The van der Waals surface area contributed by atoms with Gasteiger partial charge in [-0.15, -0.1) is 0 Å². The van der Waals surface area contributed by atoms with Gasteiger partial charge in [0.15, 0.2) is 0 Å². The van der Waals surface area contributed by atoms with Crippen molar-refractivity contribution in [3.8, 4) is 5.75 Å². The molecule has 0 bridgehead atoms. The van der Waals surface area contributed by atoms with Gasteiger partial charge in [-0.05, 0) is 35.9 Å². The molecule has 0 radical (unpaired) electrons. The first-order valence-electron chi connectivity index (χ1n) is 7.96. The van der Waals surface area contributed by atoms with E-state index in [2.05, 4.69) is 5.32 Å². The summed E-state index contributed by atoms with van der Waals surface area (Å²) in [6, 6.07) is 18.1. The minimum atomic E-state index is -0.295. The summed E-state index contributed by atoms with van der Waals surface area (Å²) in [4.78, 5) is 12.4. The van der Waals surface area contributed by atoms with E-state index in [4.69, 9.17) is 16.0 Å². The molecule has 0 aliphatic carbocycles. The van der Waals surface area contributed by atoms with E-state index in [0.29, 0.717) is 22.9 Å². The van der Waals surface area contributed by atoms with E-state index >= 15 is 0 Å². The Morgan fingerprint density at radius 1 is 1.12 bits per heavy atom. The van der Waals surface area contributed by atoms with Gasteiger partial charge in [-0.25, -0.2) is 0 Å². The van der Waals surface area contributed by atoms with Gasteiger partial charge in [0, 0.05) is 22.9 Å². The number of halogens is 1. The number of benzene rings is 2. The number of rotatable bonds is 6. The monoisotopic (exact) mass is 355 g/mol. The van der Waals surface area contributed by atoms with E-state index < -0.39 is 0 Å². The number of amides is 1. The molecule has 2 aromatic carbocycles. The van der Waals surface area contributed by atoms with Crippen LogP contribution < -0.4 is 5.32 Å². The first-order chi connectivity index (χ1) is 12.1. The fraction of sp³-hybridized carbons (Fsp3) is 0.150. The van der Waals surface area contributed by atoms with Gasteiger partial charge in [0.25, 0.3) is 0 Å². The minimum Gasteiger partial charge on any atom is -0.508 e. The van der Waals surface area contributed by atoms with Crippen molar-refractivity contribution in [2.45, 2.75) is 18.9 Å². The minimum absolute atomic E-state index is 0.122. The number of phenolic OH excluding ortho intramolecular Hbond substituents is 1. The zero-order chi connectivity index (χ0) is 17.6. The van der Waals surface area contributed by atoms with Gasteiger partial charge in [-0.3, -0.25) is 4.79 Å². The average Bonchev–Trinajstić information content (AvgIpc) is 3.14. The maximum Gasteiger partial charge on any atom is 0.221 e. The van der Waals surface area contributed by atoms with Gasteiger partial charge in [-0.1, -0.05) is 41.9 Å². The van der Waals surface area contributed by atoms with Crippen molar-refractivity contribution < 1.29 is 14.3 Å². The van der Waals surface area contributed by atoms with Crippen LogP contribution in [0.1, 0.15) is 29.2 Å². The number of hydrogen-bond acceptors (Lipinski definition) is 3. The Hall–Kier alpha value is -2.72. The molecule has 0 fully saturated rings. The second-order valence-electron chi connectivity index (χ2n) is 5.73. The van der Waals surface area contributed by atoms with Crippen LogP contribution in [0.15, 0.2) is 71.3 Å². The first-order valence-corrected chi connectivity index (χ1v) is 8.33. The summed E-state index contributed by atoms with van der Waals surface area (Å²) in [5.41, 5.74) is 1.57. The lowest BCUT2D eigenvalue weighted by molar-refractivity contribution is -0.121. The van der Waals surface area contributed by atoms with Crippen molar-refractivity contribution in [2.24, 2.45) is 0 Å². The van der Waals surface area contributed by atoms with Crippen LogP contribution in [0.25, 0.3) is 0 Å². The first kappa shape index (κ1) is 17.1. The van der Waals surface area contributed by atoms with Crippen molar-refractivity contribution in [3.63, 3.8) is 0 Å². The molecule has 3 aromatic rings. The molecule has 5 heteroatoms. The van der Waals surface area contributed by atoms with Crippen molar-refractivity contribution in [3.05, 3.63) is 88.8 Å². The summed E-state index contributed by atoms with van der Waals surface area (Å²) < 4.78 is 5.22. The molecule has 0 saturated heterocycles. The Balaban J connectivity index is 1.81. The number of aromatic hydroxyl groups is 1. The Morgan fingerprint density at radius 3 is 2.64 bits per heavy atom. The second kappa shape index (κ2) is 7.90. The van der Waals surface area contributed by atoms with Gasteiger partial charge in [0.1, 0.15) is 11.5 Å². The second-order valence-corrected chi connectivity index (χ2v) is 6.16. The number of carbonyl (C=O) groups excluding carboxylic acids is 1. The van der Waals surface area contributed by atoms with E-state index in [-0.39, 0.29) is 24.0 Å². The molecule has 1 aromatic heterocycles. The normalized spacial score (nSPS) is 11.9.